The Morgan fingerprint density at radius 1 is 1.07 bits per heavy atom. The molecule has 3 amide bonds. The Morgan fingerprint density at radius 3 is 2.40 bits per heavy atom. The average molecular weight is 411 g/mol. The van der Waals surface area contributed by atoms with Gasteiger partial charge in [0.2, 0.25) is 0 Å². The Balaban J connectivity index is 1.90. The molecule has 0 aromatic heterocycles. The lowest BCUT2D eigenvalue weighted by molar-refractivity contribution is -0.113. The largest absolute Gasteiger partial charge is 0.494 e. The van der Waals surface area contributed by atoms with Gasteiger partial charge in [-0.05, 0) is 55.8 Å². The molecule has 2 aromatic rings. The van der Waals surface area contributed by atoms with Gasteiger partial charge in [0, 0.05) is 11.4 Å². The molecule has 0 bridgehead atoms. The quantitative estimate of drug-likeness (QED) is 0.649. The smallest absolute Gasteiger partial charge is 0.319 e. The topological polar surface area (TPSA) is 97.9 Å². The van der Waals surface area contributed by atoms with Crippen LogP contribution in [-0.4, -0.2) is 32.8 Å². The second-order valence-electron chi connectivity index (χ2n) is 6.60. The van der Waals surface area contributed by atoms with Gasteiger partial charge in [0.1, 0.15) is 5.75 Å². The van der Waals surface area contributed by atoms with E-state index in [0.717, 1.165) is 5.75 Å². The molecule has 0 saturated carbocycles. The fourth-order valence-electron chi connectivity index (χ4n) is 3.28. The summed E-state index contributed by atoms with van der Waals surface area (Å²) in [5.41, 5.74) is 2.18. The number of allylic oxidation sites excluding steroid dienone is 1. The zero-order chi connectivity index (χ0) is 21.7. The van der Waals surface area contributed by atoms with Crippen molar-refractivity contribution in [3.63, 3.8) is 0 Å². The molecular formula is C22H25N3O5. The van der Waals surface area contributed by atoms with Gasteiger partial charge in [0.05, 0.1) is 32.4 Å². The fraction of sp³-hybridized carbons (Fsp3) is 0.273. The highest BCUT2D eigenvalue weighted by Gasteiger charge is 2.31. The van der Waals surface area contributed by atoms with Gasteiger partial charge in [0.25, 0.3) is 5.91 Å². The highest BCUT2D eigenvalue weighted by atomic mass is 16.5. The first-order chi connectivity index (χ1) is 14.5. The first-order valence-corrected chi connectivity index (χ1v) is 9.51. The molecule has 3 N–H and O–H groups in total. The minimum atomic E-state index is -0.652. The molecular weight excluding hydrogens is 386 g/mol. The van der Waals surface area contributed by atoms with Crippen LogP contribution in [-0.2, 0) is 4.79 Å². The maximum atomic E-state index is 13.1. The maximum absolute atomic E-state index is 13.1. The third-order valence-electron chi connectivity index (χ3n) is 4.68. The molecule has 8 heteroatoms. The number of nitrogens with one attached hydrogen (secondary N) is 3. The number of amides is 3. The third kappa shape index (κ3) is 4.48. The fourth-order valence-corrected chi connectivity index (χ4v) is 3.28. The van der Waals surface area contributed by atoms with Crippen molar-refractivity contribution in [2.24, 2.45) is 0 Å². The van der Waals surface area contributed by atoms with Gasteiger partial charge in [0.15, 0.2) is 11.5 Å². The summed E-state index contributed by atoms with van der Waals surface area (Å²) < 4.78 is 16.1. The SMILES string of the molecule is CCOc1ccc(NC(=O)C2=C(C)NC(=O)N[C@@H]2c2ccc(OC)c(OC)c2)cc1. The second kappa shape index (κ2) is 9.21. The number of benzene rings is 2. The number of carbonyl (C=O) groups is 2. The lowest BCUT2D eigenvalue weighted by Gasteiger charge is -2.29. The van der Waals surface area contributed by atoms with Crippen molar-refractivity contribution in [2.75, 3.05) is 26.1 Å². The van der Waals surface area contributed by atoms with Gasteiger partial charge >= 0.3 is 6.03 Å². The van der Waals surface area contributed by atoms with E-state index in [-0.39, 0.29) is 11.9 Å². The zero-order valence-electron chi connectivity index (χ0n) is 17.4. The van der Waals surface area contributed by atoms with Crippen molar-refractivity contribution < 1.29 is 23.8 Å². The van der Waals surface area contributed by atoms with Crippen molar-refractivity contribution in [2.45, 2.75) is 19.9 Å². The molecule has 1 atom stereocenters. The normalized spacial score (nSPS) is 15.7. The second-order valence-corrected chi connectivity index (χ2v) is 6.60. The van der Waals surface area contributed by atoms with Gasteiger partial charge in [-0.15, -0.1) is 0 Å². The molecule has 0 fully saturated rings. The van der Waals surface area contributed by atoms with Gasteiger partial charge in [-0.1, -0.05) is 6.07 Å². The Hall–Kier alpha value is -3.68. The van der Waals surface area contributed by atoms with E-state index >= 15 is 0 Å². The Labute approximate surface area is 175 Å². The number of rotatable bonds is 7. The minimum absolute atomic E-state index is 0.330. The predicted molar refractivity (Wildman–Crippen MR) is 113 cm³/mol. The first kappa shape index (κ1) is 21.0. The average Bonchev–Trinajstić information content (AvgIpc) is 2.74. The molecule has 0 spiro atoms. The highest BCUT2D eigenvalue weighted by molar-refractivity contribution is 6.06. The summed E-state index contributed by atoms with van der Waals surface area (Å²) >= 11 is 0. The maximum Gasteiger partial charge on any atom is 0.319 e. The van der Waals surface area contributed by atoms with Crippen LogP contribution >= 0.6 is 0 Å². The van der Waals surface area contributed by atoms with E-state index in [1.54, 1.807) is 56.5 Å². The van der Waals surface area contributed by atoms with Crippen LogP contribution in [0.3, 0.4) is 0 Å². The molecule has 30 heavy (non-hydrogen) atoms. The van der Waals surface area contributed by atoms with Crippen LogP contribution in [0.1, 0.15) is 25.5 Å². The van der Waals surface area contributed by atoms with E-state index in [4.69, 9.17) is 14.2 Å². The van der Waals surface area contributed by atoms with Crippen LogP contribution in [0.5, 0.6) is 17.2 Å². The number of ether oxygens (including phenoxy) is 3. The molecule has 0 saturated heterocycles. The summed E-state index contributed by atoms with van der Waals surface area (Å²) in [6.07, 6.45) is 0. The summed E-state index contributed by atoms with van der Waals surface area (Å²) in [7, 11) is 3.08. The van der Waals surface area contributed by atoms with Crippen molar-refractivity contribution in [1.82, 2.24) is 10.6 Å². The molecule has 1 aliphatic rings. The number of carbonyl (C=O) groups excluding carboxylic acids is 2. The van der Waals surface area contributed by atoms with E-state index in [0.29, 0.717) is 40.6 Å². The molecule has 1 heterocycles. The van der Waals surface area contributed by atoms with Gasteiger partial charge in [-0.3, -0.25) is 4.79 Å². The van der Waals surface area contributed by atoms with E-state index in [1.807, 2.05) is 6.92 Å². The van der Waals surface area contributed by atoms with Crippen LogP contribution in [0.2, 0.25) is 0 Å². The summed E-state index contributed by atoms with van der Waals surface area (Å²) in [5.74, 6) is 1.46. The first-order valence-electron chi connectivity index (χ1n) is 9.51. The molecule has 0 unspecified atom stereocenters. The molecule has 8 nitrogen and oxygen atoms in total. The third-order valence-corrected chi connectivity index (χ3v) is 4.68. The molecule has 0 aliphatic carbocycles. The summed E-state index contributed by atoms with van der Waals surface area (Å²) in [6, 6.07) is 11.3. The van der Waals surface area contributed by atoms with Crippen LogP contribution in [0.15, 0.2) is 53.7 Å². The zero-order valence-corrected chi connectivity index (χ0v) is 17.4. The highest BCUT2D eigenvalue weighted by Crippen LogP contribution is 2.34. The number of hydrogen-bond donors (Lipinski definition) is 3. The summed E-state index contributed by atoms with van der Waals surface area (Å²) in [4.78, 5) is 25.2. The van der Waals surface area contributed by atoms with E-state index < -0.39 is 6.04 Å². The van der Waals surface area contributed by atoms with Gasteiger partial charge < -0.3 is 30.2 Å². The standard InChI is InChI=1S/C22H25N3O5/c1-5-30-16-9-7-15(8-10-16)24-21(26)19-13(2)23-22(27)25-20(19)14-6-11-17(28-3)18(12-14)29-4/h6-12,20H,5H2,1-4H3,(H,24,26)(H2,23,25,27)/t20-/m1/s1. The van der Waals surface area contributed by atoms with Crippen LogP contribution in [0, 0.1) is 0 Å². The van der Waals surface area contributed by atoms with E-state index in [1.165, 1.54) is 7.11 Å². The van der Waals surface area contributed by atoms with Gasteiger partial charge in [-0.2, -0.15) is 0 Å². The number of urea groups is 1. The molecule has 0 radical (unpaired) electrons. The number of hydrogen-bond acceptors (Lipinski definition) is 5. The predicted octanol–water partition coefficient (Wildman–Crippen LogP) is 3.37. The Bertz CT molecular complexity index is 969. The lowest BCUT2D eigenvalue weighted by Crippen LogP contribution is -2.45. The number of anilines is 1. The molecule has 2 aromatic carbocycles. The minimum Gasteiger partial charge on any atom is -0.494 e. The Kier molecular flexibility index (Phi) is 6.46. The molecule has 1 aliphatic heterocycles. The summed E-state index contributed by atoms with van der Waals surface area (Å²) in [6.45, 7) is 4.17. The number of methoxy groups -OCH3 is 2. The van der Waals surface area contributed by atoms with E-state index in [2.05, 4.69) is 16.0 Å². The van der Waals surface area contributed by atoms with Gasteiger partial charge in [-0.25, -0.2) is 4.79 Å². The molecule has 158 valence electrons. The van der Waals surface area contributed by atoms with Crippen LogP contribution < -0.4 is 30.2 Å². The van der Waals surface area contributed by atoms with Crippen molar-refractivity contribution >= 4 is 17.6 Å². The summed E-state index contributed by atoms with van der Waals surface area (Å²) in [5, 5.41) is 8.35. The van der Waals surface area contributed by atoms with Crippen molar-refractivity contribution in [1.29, 1.82) is 0 Å². The van der Waals surface area contributed by atoms with Crippen LogP contribution in [0.25, 0.3) is 0 Å². The van der Waals surface area contributed by atoms with Crippen LogP contribution in [0.4, 0.5) is 10.5 Å². The van der Waals surface area contributed by atoms with E-state index in [9.17, 15) is 9.59 Å². The molecule has 3 rings (SSSR count). The lowest BCUT2D eigenvalue weighted by atomic mass is 9.94. The van der Waals surface area contributed by atoms with Crippen molar-refractivity contribution in [3.8, 4) is 17.2 Å². The monoisotopic (exact) mass is 411 g/mol. The Morgan fingerprint density at radius 2 is 1.77 bits per heavy atom. The van der Waals surface area contributed by atoms with Crippen molar-refractivity contribution in [3.05, 3.63) is 59.3 Å².